The predicted octanol–water partition coefficient (Wildman–Crippen LogP) is 2.15. The van der Waals surface area contributed by atoms with E-state index in [-0.39, 0.29) is 22.8 Å². The molecule has 2 aliphatic heterocycles. The summed E-state index contributed by atoms with van der Waals surface area (Å²) in [6.45, 7) is 3.46. The van der Waals surface area contributed by atoms with Gasteiger partial charge in [-0.3, -0.25) is 4.79 Å². The Hall–Kier alpha value is -2.00. The number of hydrogen-bond acceptors (Lipinski definition) is 5. The van der Waals surface area contributed by atoms with Crippen LogP contribution in [-0.4, -0.2) is 58.5 Å². The topological polar surface area (TPSA) is 90.5 Å². The van der Waals surface area contributed by atoms with Crippen molar-refractivity contribution in [3.8, 4) is 0 Å². The number of benzene rings is 2. The fraction of sp³-hybridized carbons (Fsp3) is 0.500. The number of fused-ring (bicyclic) bond motifs is 1. The SMILES string of the molecule is CN1CCC(C(=O)Nc2ccc(S(=O)(=O)NC3CCNCC3)c3ccccc23)CC1. The number of likely N-dealkylation sites (tertiary alicyclic amines) is 1. The van der Waals surface area contributed by atoms with E-state index >= 15 is 0 Å². The molecule has 7 nitrogen and oxygen atoms in total. The van der Waals surface area contributed by atoms with Gasteiger partial charge in [0.05, 0.1) is 4.90 Å². The van der Waals surface area contributed by atoms with Gasteiger partial charge in [-0.15, -0.1) is 0 Å². The first-order valence-corrected chi connectivity index (χ1v) is 12.2. The Morgan fingerprint density at radius 1 is 1.00 bits per heavy atom. The summed E-state index contributed by atoms with van der Waals surface area (Å²) in [6, 6.07) is 10.6. The van der Waals surface area contributed by atoms with Gasteiger partial charge in [-0.2, -0.15) is 0 Å². The first kappa shape index (κ1) is 21.2. The normalized spacial score (nSPS) is 19.8. The molecule has 0 atom stereocenters. The second-order valence-electron chi connectivity index (χ2n) is 8.37. The molecule has 2 aliphatic rings. The lowest BCUT2D eigenvalue weighted by molar-refractivity contribution is -0.121. The molecule has 2 heterocycles. The van der Waals surface area contributed by atoms with Gasteiger partial charge in [-0.05, 0) is 71.0 Å². The number of nitrogens with zero attached hydrogens (tertiary/aromatic N) is 1. The lowest BCUT2D eigenvalue weighted by atomic mass is 9.96. The summed E-state index contributed by atoms with van der Waals surface area (Å²) in [6.07, 6.45) is 3.24. The summed E-state index contributed by atoms with van der Waals surface area (Å²) in [5, 5.41) is 7.66. The minimum absolute atomic E-state index is 0.00931. The number of carbonyl (C=O) groups excluding carboxylic acids is 1. The zero-order valence-electron chi connectivity index (χ0n) is 17.4. The second-order valence-corrected chi connectivity index (χ2v) is 10.1. The molecule has 162 valence electrons. The Labute approximate surface area is 178 Å². The van der Waals surface area contributed by atoms with E-state index in [9.17, 15) is 13.2 Å². The van der Waals surface area contributed by atoms with Crippen molar-refractivity contribution in [1.82, 2.24) is 14.9 Å². The van der Waals surface area contributed by atoms with E-state index < -0.39 is 10.0 Å². The Balaban J connectivity index is 1.59. The molecular formula is C22H30N4O3S. The number of sulfonamides is 1. The fourth-order valence-corrected chi connectivity index (χ4v) is 5.86. The van der Waals surface area contributed by atoms with Crippen LogP contribution in [0.1, 0.15) is 25.7 Å². The summed E-state index contributed by atoms with van der Waals surface area (Å²) >= 11 is 0. The molecule has 2 aromatic carbocycles. The van der Waals surface area contributed by atoms with Crippen molar-refractivity contribution in [2.45, 2.75) is 36.6 Å². The van der Waals surface area contributed by atoms with Crippen LogP contribution in [0, 0.1) is 5.92 Å². The van der Waals surface area contributed by atoms with Gasteiger partial charge in [0.2, 0.25) is 15.9 Å². The molecule has 30 heavy (non-hydrogen) atoms. The quantitative estimate of drug-likeness (QED) is 0.676. The zero-order chi connectivity index (χ0) is 21.1. The van der Waals surface area contributed by atoms with Crippen LogP contribution in [0.4, 0.5) is 5.69 Å². The Kier molecular flexibility index (Phi) is 6.38. The van der Waals surface area contributed by atoms with Crippen LogP contribution in [-0.2, 0) is 14.8 Å². The fourth-order valence-electron chi connectivity index (χ4n) is 4.34. The van der Waals surface area contributed by atoms with E-state index in [1.54, 1.807) is 18.2 Å². The monoisotopic (exact) mass is 430 g/mol. The number of hydrogen-bond donors (Lipinski definition) is 3. The van der Waals surface area contributed by atoms with E-state index in [4.69, 9.17) is 0 Å². The van der Waals surface area contributed by atoms with E-state index in [0.29, 0.717) is 11.1 Å². The number of anilines is 1. The minimum atomic E-state index is -3.65. The van der Waals surface area contributed by atoms with Crippen molar-refractivity contribution in [1.29, 1.82) is 0 Å². The van der Waals surface area contributed by atoms with Gasteiger partial charge in [-0.25, -0.2) is 13.1 Å². The molecule has 2 saturated heterocycles. The summed E-state index contributed by atoms with van der Waals surface area (Å²) in [4.78, 5) is 15.3. The zero-order valence-corrected chi connectivity index (χ0v) is 18.2. The number of amides is 1. The third kappa shape index (κ3) is 4.67. The van der Waals surface area contributed by atoms with Crippen LogP contribution in [0.3, 0.4) is 0 Å². The van der Waals surface area contributed by atoms with Gasteiger partial charge in [0.15, 0.2) is 0 Å². The molecule has 0 aromatic heterocycles. The molecule has 3 N–H and O–H groups in total. The van der Waals surface area contributed by atoms with E-state index in [1.165, 1.54) is 0 Å². The first-order valence-electron chi connectivity index (χ1n) is 10.7. The maximum absolute atomic E-state index is 13.1. The molecule has 8 heteroatoms. The van der Waals surface area contributed by atoms with E-state index in [0.717, 1.165) is 57.2 Å². The van der Waals surface area contributed by atoms with Crippen LogP contribution in [0.5, 0.6) is 0 Å². The van der Waals surface area contributed by atoms with E-state index in [2.05, 4.69) is 27.3 Å². The summed E-state index contributed by atoms with van der Waals surface area (Å²) in [5.41, 5.74) is 0.662. The average Bonchev–Trinajstić information content (AvgIpc) is 2.74. The lowest BCUT2D eigenvalue weighted by Gasteiger charge is -2.28. The minimum Gasteiger partial charge on any atom is -0.325 e. The third-order valence-electron chi connectivity index (χ3n) is 6.18. The molecule has 4 rings (SSSR count). The van der Waals surface area contributed by atoms with Gasteiger partial charge in [-0.1, -0.05) is 24.3 Å². The largest absolute Gasteiger partial charge is 0.325 e. The van der Waals surface area contributed by atoms with Crippen molar-refractivity contribution in [2.24, 2.45) is 5.92 Å². The van der Waals surface area contributed by atoms with Crippen LogP contribution in [0.15, 0.2) is 41.3 Å². The molecule has 0 radical (unpaired) electrons. The summed E-state index contributed by atoms with van der Waals surface area (Å²) in [5.74, 6) is 0.00152. The molecule has 0 aliphatic carbocycles. The molecule has 2 fully saturated rings. The number of rotatable bonds is 5. The maximum Gasteiger partial charge on any atom is 0.241 e. The highest BCUT2D eigenvalue weighted by molar-refractivity contribution is 7.89. The Morgan fingerprint density at radius 3 is 2.37 bits per heavy atom. The molecule has 0 bridgehead atoms. The van der Waals surface area contributed by atoms with Gasteiger partial charge >= 0.3 is 0 Å². The highest BCUT2D eigenvalue weighted by Crippen LogP contribution is 2.31. The first-order chi connectivity index (χ1) is 14.4. The van der Waals surface area contributed by atoms with Gasteiger partial charge in [0, 0.05) is 28.4 Å². The Morgan fingerprint density at radius 2 is 1.67 bits per heavy atom. The smallest absolute Gasteiger partial charge is 0.241 e. The highest BCUT2D eigenvalue weighted by atomic mass is 32.2. The molecule has 0 saturated carbocycles. The second kappa shape index (κ2) is 9.01. The number of nitrogens with one attached hydrogen (secondary N) is 3. The Bertz CT molecular complexity index is 1010. The molecule has 1 amide bonds. The summed E-state index contributed by atoms with van der Waals surface area (Å²) in [7, 11) is -1.59. The standard InChI is InChI=1S/C22H30N4O3S/c1-26-14-10-16(11-15-26)22(27)24-20-6-7-21(19-5-3-2-4-18(19)20)30(28,29)25-17-8-12-23-13-9-17/h2-7,16-17,23,25H,8-15H2,1H3,(H,24,27). The van der Waals surface area contributed by atoms with E-state index in [1.807, 2.05) is 18.2 Å². The van der Waals surface area contributed by atoms with Gasteiger partial charge in [0.25, 0.3) is 0 Å². The third-order valence-corrected chi connectivity index (χ3v) is 7.76. The predicted molar refractivity (Wildman–Crippen MR) is 119 cm³/mol. The van der Waals surface area contributed by atoms with Crippen LogP contribution in [0.2, 0.25) is 0 Å². The van der Waals surface area contributed by atoms with Crippen LogP contribution < -0.4 is 15.4 Å². The van der Waals surface area contributed by atoms with Crippen LogP contribution in [0.25, 0.3) is 10.8 Å². The number of piperidine rings is 2. The summed E-state index contributed by atoms with van der Waals surface area (Å²) < 4.78 is 29.1. The maximum atomic E-state index is 13.1. The average molecular weight is 431 g/mol. The van der Waals surface area contributed by atoms with Gasteiger partial charge < -0.3 is 15.5 Å². The van der Waals surface area contributed by atoms with Crippen molar-refractivity contribution >= 4 is 32.4 Å². The number of carbonyl (C=O) groups is 1. The lowest BCUT2D eigenvalue weighted by Crippen LogP contribution is -2.42. The van der Waals surface area contributed by atoms with Gasteiger partial charge in [0.1, 0.15) is 0 Å². The highest BCUT2D eigenvalue weighted by Gasteiger charge is 2.26. The molecule has 0 unspecified atom stereocenters. The van der Waals surface area contributed by atoms with Crippen LogP contribution >= 0.6 is 0 Å². The van der Waals surface area contributed by atoms with Crippen molar-refractivity contribution < 1.29 is 13.2 Å². The molecular weight excluding hydrogens is 400 g/mol. The molecule has 0 spiro atoms. The van der Waals surface area contributed by atoms with Crippen molar-refractivity contribution in [3.05, 3.63) is 36.4 Å². The van der Waals surface area contributed by atoms with Crippen molar-refractivity contribution in [3.63, 3.8) is 0 Å². The van der Waals surface area contributed by atoms with Crippen molar-refractivity contribution in [2.75, 3.05) is 38.5 Å². The molecule has 2 aromatic rings.